The second-order valence-electron chi connectivity index (χ2n) is 9.56. The molecule has 0 atom stereocenters. The Bertz CT molecular complexity index is 1480. The Kier molecular flexibility index (Phi) is 5.74. The number of aromatic hydroxyl groups is 2. The van der Waals surface area contributed by atoms with E-state index in [4.69, 9.17) is 4.74 Å². The van der Waals surface area contributed by atoms with Crippen molar-refractivity contribution >= 4 is 22.8 Å². The van der Waals surface area contributed by atoms with Crippen molar-refractivity contribution < 1.29 is 19.7 Å². The third kappa shape index (κ3) is 3.93. The summed E-state index contributed by atoms with van der Waals surface area (Å²) in [6.45, 7) is 3.02. The van der Waals surface area contributed by atoms with E-state index in [1.165, 1.54) is 18.9 Å². The molecule has 1 saturated heterocycles. The van der Waals surface area contributed by atoms with Crippen LogP contribution in [0.5, 0.6) is 17.2 Å². The molecule has 2 aliphatic rings. The van der Waals surface area contributed by atoms with Crippen molar-refractivity contribution in [1.29, 1.82) is 0 Å². The van der Waals surface area contributed by atoms with E-state index < -0.39 is 5.78 Å². The molecule has 0 saturated carbocycles. The molecule has 0 unspecified atom stereocenters. The fourth-order valence-corrected chi connectivity index (χ4v) is 5.51. The molecule has 3 heterocycles. The van der Waals surface area contributed by atoms with Crippen LogP contribution < -0.4 is 10.1 Å². The lowest BCUT2D eigenvalue weighted by Crippen LogP contribution is -2.28. The van der Waals surface area contributed by atoms with Crippen LogP contribution in [0.15, 0.2) is 72.5 Å². The number of rotatable bonds is 5. The highest BCUT2D eigenvalue weighted by molar-refractivity contribution is 6.17. The van der Waals surface area contributed by atoms with Crippen LogP contribution in [-0.2, 0) is 6.54 Å². The molecule has 4 aromatic rings. The highest BCUT2D eigenvalue weighted by Gasteiger charge is 2.32. The van der Waals surface area contributed by atoms with E-state index in [1.54, 1.807) is 6.08 Å². The molecule has 2 aliphatic heterocycles. The van der Waals surface area contributed by atoms with Crippen LogP contribution in [0.25, 0.3) is 28.2 Å². The number of ether oxygens (including phenoxy) is 1. The number of phenols is 2. The van der Waals surface area contributed by atoms with Crippen molar-refractivity contribution in [2.24, 2.45) is 5.92 Å². The summed E-state index contributed by atoms with van der Waals surface area (Å²) in [5.74, 6) is 0.144. The van der Waals surface area contributed by atoms with E-state index in [9.17, 15) is 15.0 Å². The number of aryl methyl sites for hydroxylation is 1. The zero-order valence-electron chi connectivity index (χ0n) is 19.9. The summed E-state index contributed by atoms with van der Waals surface area (Å²) in [5, 5.41) is 24.6. The molecule has 1 fully saturated rings. The standard InChI is InChI=1S/C30H28N2O4/c33-21-16-25(34)28-26(17-21)36-27(30(28)35)18-23-22-8-4-5-9-24(22)32(15-12-19-10-13-31-14-11-19)29(23)20-6-2-1-3-7-20/h1-9,16-19,31,33-34H,10-15H2. The van der Waals surface area contributed by atoms with Gasteiger partial charge in [0.25, 0.3) is 0 Å². The van der Waals surface area contributed by atoms with E-state index in [-0.39, 0.29) is 28.6 Å². The second kappa shape index (κ2) is 9.21. The number of para-hydroxylation sites is 1. The Morgan fingerprint density at radius 2 is 1.75 bits per heavy atom. The number of piperidine rings is 1. The van der Waals surface area contributed by atoms with Gasteiger partial charge in [0.05, 0.1) is 5.69 Å². The Labute approximate surface area is 209 Å². The van der Waals surface area contributed by atoms with Crippen LogP contribution in [0.2, 0.25) is 0 Å². The van der Waals surface area contributed by atoms with Gasteiger partial charge in [-0.25, -0.2) is 0 Å². The molecule has 1 aromatic heterocycles. The van der Waals surface area contributed by atoms with Gasteiger partial charge in [0.1, 0.15) is 22.8 Å². The van der Waals surface area contributed by atoms with Crippen LogP contribution in [0.3, 0.4) is 0 Å². The lowest BCUT2D eigenvalue weighted by atomic mass is 9.94. The topological polar surface area (TPSA) is 83.7 Å². The van der Waals surface area contributed by atoms with Crippen molar-refractivity contribution in [2.75, 3.05) is 13.1 Å². The van der Waals surface area contributed by atoms with Crippen molar-refractivity contribution in [1.82, 2.24) is 9.88 Å². The Balaban J connectivity index is 1.49. The Morgan fingerprint density at radius 1 is 1.00 bits per heavy atom. The van der Waals surface area contributed by atoms with Crippen LogP contribution in [0.4, 0.5) is 0 Å². The van der Waals surface area contributed by atoms with Crippen molar-refractivity contribution in [2.45, 2.75) is 25.8 Å². The maximum atomic E-state index is 13.2. The van der Waals surface area contributed by atoms with E-state index in [2.05, 4.69) is 34.1 Å². The number of Topliss-reactive ketones (excluding diaryl/α,β-unsaturated/α-hetero) is 1. The third-order valence-corrected chi connectivity index (χ3v) is 7.29. The number of ketones is 1. The molecule has 0 amide bonds. The maximum absolute atomic E-state index is 13.2. The van der Waals surface area contributed by atoms with E-state index >= 15 is 0 Å². The SMILES string of the molecule is O=C1C(=Cc2c(-c3ccccc3)n(CCC3CCNCC3)c3ccccc23)Oc2cc(O)cc(O)c21. The first-order valence-corrected chi connectivity index (χ1v) is 12.5. The summed E-state index contributed by atoms with van der Waals surface area (Å²) in [7, 11) is 0. The highest BCUT2D eigenvalue weighted by Crippen LogP contribution is 2.42. The molecule has 6 heteroatoms. The fraction of sp³-hybridized carbons (Fsp3) is 0.233. The predicted octanol–water partition coefficient (Wildman–Crippen LogP) is 5.73. The Morgan fingerprint density at radius 3 is 2.56 bits per heavy atom. The molecule has 6 nitrogen and oxygen atoms in total. The molecule has 0 radical (unpaired) electrons. The second-order valence-corrected chi connectivity index (χ2v) is 9.56. The molecule has 3 aromatic carbocycles. The lowest BCUT2D eigenvalue weighted by Gasteiger charge is -2.23. The molecular formula is C30H28N2O4. The van der Waals surface area contributed by atoms with E-state index in [0.29, 0.717) is 5.92 Å². The normalized spacial score (nSPS) is 17.0. The number of nitrogens with one attached hydrogen (secondary N) is 1. The number of carbonyl (C=O) groups is 1. The summed E-state index contributed by atoms with van der Waals surface area (Å²) < 4.78 is 8.23. The average molecular weight is 481 g/mol. The van der Waals surface area contributed by atoms with Gasteiger partial charge < -0.3 is 24.8 Å². The number of benzene rings is 3. The smallest absolute Gasteiger partial charge is 0.235 e. The molecular weight excluding hydrogens is 452 g/mol. The van der Waals surface area contributed by atoms with Gasteiger partial charge in [-0.3, -0.25) is 4.79 Å². The van der Waals surface area contributed by atoms with Gasteiger partial charge in [0, 0.05) is 35.1 Å². The van der Waals surface area contributed by atoms with Crippen molar-refractivity contribution in [3.8, 4) is 28.5 Å². The number of hydrogen-bond donors (Lipinski definition) is 3. The first kappa shape index (κ1) is 22.4. The average Bonchev–Trinajstić information content (AvgIpc) is 3.38. The van der Waals surface area contributed by atoms with Crippen LogP contribution in [-0.4, -0.2) is 33.7 Å². The molecule has 0 aliphatic carbocycles. The largest absolute Gasteiger partial charge is 0.508 e. The minimum absolute atomic E-state index is 0.0787. The van der Waals surface area contributed by atoms with Crippen LogP contribution in [0.1, 0.15) is 35.2 Å². The summed E-state index contributed by atoms with van der Waals surface area (Å²) >= 11 is 0. The van der Waals surface area contributed by atoms with Gasteiger partial charge in [-0.1, -0.05) is 48.5 Å². The van der Waals surface area contributed by atoms with E-state index in [0.717, 1.165) is 59.8 Å². The highest BCUT2D eigenvalue weighted by atomic mass is 16.5. The van der Waals surface area contributed by atoms with Gasteiger partial charge in [0.15, 0.2) is 5.76 Å². The zero-order valence-corrected chi connectivity index (χ0v) is 19.9. The number of fused-ring (bicyclic) bond motifs is 2. The first-order chi connectivity index (χ1) is 17.6. The maximum Gasteiger partial charge on any atom is 0.235 e. The fourth-order valence-electron chi connectivity index (χ4n) is 5.51. The van der Waals surface area contributed by atoms with Crippen molar-refractivity contribution in [3.63, 3.8) is 0 Å². The predicted molar refractivity (Wildman–Crippen MR) is 140 cm³/mol. The van der Waals surface area contributed by atoms with Gasteiger partial charge >= 0.3 is 0 Å². The van der Waals surface area contributed by atoms with Gasteiger partial charge in [0.2, 0.25) is 5.78 Å². The summed E-state index contributed by atoms with van der Waals surface area (Å²) in [4.78, 5) is 13.2. The summed E-state index contributed by atoms with van der Waals surface area (Å²) in [6, 6.07) is 21.0. The monoisotopic (exact) mass is 480 g/mol. The quantitative estimate of drug-likeness (QED) is 0.318. The minimum atomic E-state index is -0.395. The van der Waals surface area contributed by atoms with E-state index in [1.807, 2.05) is 30.3 Å². The number of aromatic nitrogens is 1. The number of nitrogens with zero attached hydrogens (tertiary/aromatic N) is 1. The summed E-state index contributed by atoms with van der Waals surface area (Å²) in [6.07, 6.45) is 5.25. The van der Waals surface area contributed by atoms with Crippen LogP contribution in [0, 0.1) is 5.92 Å². The minimum Gasteiger partial charge on any atom is -0.508 e. The van der Waals surface area contributed by atoms with Gasteiger partial charge in [-0.05, 0) is 56.0 Å². The zero-order chi connectivity index (χ0) is 24.6. The molecule has 182 valence electrons. The Hall–Kier alpha value is -4.03. The molecule has 6 rings (SSSR count). The molecule has 0 spiro atoms. The molecule has 0 bridgehead atoms. The van der Waals surface area contributed by atoms with Gasteiger partial charge in [-0.15, -0.1) is 0 Å². The number of carbonyl (C=O) groups excluding carboxylic acids is 1. The number of phenolic OH excluding ortho intramolecular Hbond substituents is 2. The number of allylic oxidation sites excluding steroid dienone is 1. The number of hydrogen-bond acceptors (Lipinski definition) is 5. The first-order valence-electron chi connectivity index (χ1n) is 12.5. The third-order valence-electron chi connectivity index (χ3n) is 7.29. The molecule has 36 heavy (non-hydrogen) atoms. The van der Waals surface area contributed by atoms with Crippen LogP contribution >= 0.6 is 0 Å². The van der Waals surface area contributed by atoms with Gasteiger partial charge in [-0.2, -0.15) is 0 Å². The lowest BCUT2D eigenvalue weighted by molar-refractivity contribution is 0.101. The summed E-state index contributed by atoms with van der Waals surface area (Å²) in [5.41, 5.74) is 4.20. The molecule has 3 N–H and O–H groups in total. The van der Waals surface area contributed by atoms with Crippen molar-refractivity contribution in [3.05, 3.63) is 83.6 Å².